The predicted octanol–water partition coefficient (Wildman–Crippen LogP) is 1.96. The molecule has 1 saturated heterocycles. The van der Waals surface area contributed by atoms with E-state index in [2.05, 4.69) is 14.9 Å². The number of nitrogens with zero attached hydrogens (tertiary/aromatic N) is 2. The number of piperazine rings is 1. The number of imidazole rings is 1. The molecule has 25 heavy (non-hydrogen) atoms. The number of amides is 1. The van der Waals surface area contributed by atoms with E-state index < -0.39 is 0 Å². The molecule has 0 unspecified atom stereocenters. The van der Waals surface area contributed by atoms with Gasteiger partial charge in [0.1, 0.15) is 5.82 Å². The van der Waals surface area contributed by atoms with Crippen molar-refractivity contribution >= 4 is 22.6 Å². The van der Waals surface area contributed by atoms with Crippen molar-refractivity contribution in [3.05, 3.63) is 64.3 Å². The molecule has 1 aliphatic rings. The average Bonchev–Trinajstić information content (AvgIpc) is 3.02. The van der Waals surface area contributed by atoms with Gasteiger partial charge in [0.05, 0.1) is 16.6 Å². The highest BCUT2D eigenvalue weighted by atomic mass is 19.1. The summed E-state index contributed by atoms with van der Waals surface area (Å²) in [5.41, 5.74) is 2.28. The SMILES string of the molecule is O=C(c1cccc2[nH]c(=O)[nH]c12)N1CCN(c2ccc(F)cc2)CC1. The zero-order valence-corrected chi connectivity index (χ0v) is 13.5. The summed E-state index contributed by atoms with van der Waals surface area (Å²) in [7, 11) is 0. The van der Waals surface area contributed by atoms with Crippen LogP contribution >= 0.6 is 0 Å². The number of H-pyrrole nitrogens is 2. The number of hydrogen-bond acceptors (Lipinski definition) is 3. The van der Waals surface area contributed by atoms with Crippen molar-refractivity contribution in [1.82, 2.24) is 14.9 Å². The fourth-order valence-corrected chi connectivity index (χ4v) is 3.23. The first-order valence-electron chi connectivity index (χ1n) is 8.12. The Hall–Kier alpha value is -3.09. The molecule has 1 amide bonds. The molecule has 7 heteroatoms. The molecule has 1 fully saturated rings. The lowest BCUT2D eigenvalue weighted by atomic mass is 10.1. The third-order valence-corrected chi connectivity index (χ3v) is 4.54. The molecular formula is C18H17FN4O2. The Morgan fingerprint density at radius 3 is 2.40 bits per heavy atom. The highest BCUT2D eigenvalue weighted by Crippen LogP contribution is 2.20. The molecule has 6 nitrogen and oxygen atoms in total. The molecule has 0 bridgehead atoms. The summed E-state index contributed by atoms with van der Waals surface area (Å²) in [6.45, 7) is 2.50. The van der Waals surface area contributed by atoms with Gasteiger partial charge in [-0.25, -0.2) is 9.18 Å². The zero-order valence-electron chi connectivity index (χ0n) is 13.5. The molecule has 0 saturated carbocycles. The highest BCUT2D eigenvalue weighted by molar-refractivity contribution is 6.04. The summed E-state index contributed by atoms with van der Waals surface area (Å²) in [6, 6.07) is 11.6. The summed E-state index contributed by atoms with van der Waals surface area (Å²) in [5, 5.41) is 0. The second kappa shape index (κ2) is 6.08. The summed E-state index contributed by atoms with van der Waals surface area (Å²) in [4.78, 5) is 33.6. The molecule has 0 aliphatic carbocycles. The minimum atomic E-state index is -0.323. The summed E-state index contributed by atoms with van der Waals surface area (Å²) >= 11 is 0. The summed E-state index contributed by atoms with van der Waals surface area (Å²) < 4.78 is 13.0. The fourth-order valence-electron chi connectivity index (χ4n) is 3.23. The van der Waals surface area contributed by atoms with Crippen molar-refractivity contribution in [3.8, 4) is 0 Å². The Morgan fingerprint density at radius 2 is 1.68 bits per heavy atom. The maximum absolute atomic E-state index is 13.0. The molecule has 2 heterocycles. The highest BCUT2D eigenvalue weighted by Gasteiger charge is 2.24. The first kappa shape index (κ1) is 15.4. The van der Waals surface area contributed by atoms with Gasteiger partial charge >= 0.3 is 5.69 Å². The van der Waals surface area contributed by atoms with E-state index in [0.717, 1.165) is 5.69 Å². The molecule has 0 radical (unpaired) electrons. The number of benzene rings is 2. The minimum absolute atomic E-state index is 0.0976. The zero-order chi connectivity index (χ0) is 17.4. The number of hydrogen-bond donors (Lipinski definition) is 2. The Morgan fingerprint density at radius 1 is 0.960 bits per heavy atom. The number of para-hydroxylation sites is 1. The van der Waals surface area contributed by atoms with E-state index in [-0.39, 0.29) is 17.4 Å². The Bertz CT molecular complexity index is 969. The number of carbonyl (C=O) groups excluding carboxylic acids is 1. The van der Waals surface area contributed by atoms with Gasteiger partial charge in [0.15, 0.2) is 0 Å². The normalized spacial score (nSPS) is 14.9. The van der Waals surface area contributed by atoms with Gasteiger partial charge in [-0.3, -0.25) is 4.79 Å². The lowest BCUT2D eigenvalue weighted by Crippen LogP contribution is -2.48. The van der Waals surface area contributed by atoms with E-state index >= 15 is 0 Å². The molecule has 1 aliphatic heterocycles. The number of aromatic nitrogens is 2. The van der Waals surface area contributed by atoms with Crippen LogP contribution in [0.5, 0.6) is 0 Å². The van der Waals surface area contributed by atoms with E-state index in [1.54, 1.807) is 35.2 Å². The topological polar surface area (TPSA) is 72.2 Å². The van der Waals surface area contributed by atoms with Gasteiger partial charge in [-0.05, 0) is 36.4 Å². The van der Waals surface area contributed by atoms with Gasteiger partial charge in [0.2, 0.25) is 0 Å². The largest absolute Gasteiger partial charge is 0.368 e. The lowest BCUT2D eigenvalue weighted by Gasteiger charge is -2.36. The van der Waals surface area contributed by atoms with Crippen LogP contribution in [0, 0.1) is 5.82 Å². The molecule has 2 aromatic carbocycles. The minimum Gasteiger partial charge on any atom is -0.368 e. The molecule has 1 aromatic heterocycles. The van der Waals surface area contributed by atoms with Crippen LogP contribution in [-0.4, -0.2) is 47.0 Å². The number of nitrogens with one attached hydrogen (secondary N) is 2. The van der Waals surface area contributed by atoms with Crippen LogP contribution in [0.4, 0.5) is 10.1 Å². The maximum Gasteiger partial charge on any atom is 0.323 e. The van der Waals surface area contributed by atoms with E-state index in [0.29, 0.717) is 42.8 Å². The van der Waals surface area contributed by atoms with Crippen LogP contribution in [0.2, 0.25) is 0 Å². The summed E-state index contributed by atoms with van der Waals surface area (Å²) in [6.07, 6.45) is 0. The molecule has 0 spiro atoms. The lowest BCUT2D eigenvalue weighted by molar-refractivity contribution is 0.0748. The molecule has 0 atom stereocenters. The number of aromatic amines is 2. The van der Waals surface area contributed by atoms with Crippen LogP contribution in [0.25, 0.3) is 11.0 Å². The van der Waals surface area contributed by atoms with Gasteiger partial charge in [0.25, 0.3) is 5.91 Å². The number of anilines is 1. The van der Waals surface area contributed by atoms with Gasteiger partial charge in [-0.1, -0.05) is 6.07 Å². The second-order valence-electron chi connectivity index (χ2n) is 6.06. The Balaban J connectivity index is 1.51. The van der Waals surface area contributed by atoms with E-state index in [1.807, 2.05) is 0 Å². The van der Waals surface area contributed by atoms with Crippen LogP contribution in [0.1, 0.15) is 10.4 Å². The third kappa shape index (κ3) is 2.88. The monoisotopic (exact) mass is 340 g/mol. The van der Waals surface area contributed by atoms with Crippen LogP contribution < -0.4 is 10.6 Å². The van der Waals surface area contributed by atoms with Crippen molar-refractivity contribution in [2.45, 2.75) is 0 Å². The number of carbonyl (C=O) groups is 1. The van der Waals surface area contributed by atoms with Gasteiger partial charge in [0, 0.05) is 31.9 Å². The van der Waals surface area contributed by atoms with Gasteiger partial charge in [-0.15, -0.1) is 0 Å². The van der Waals surface area contributed by atoms with Crippen molar-refractivity contribution in [1.29, 1.82) is 0 Å². The molecule has 4 rings (SSSR count). The third-order valence-electron chi connectivity index (χ3n) is 4.54. The van der Waals surface area contributed by atoms with Crippen LogP contribution in [0.3, 0.4) is 0 Å². The number of fused-ring (bicyclic) bond motifs is 1. The first-order valence-corrected chi connectivity index (χ1v) is 8.12. The molecule has 3 aromatic rings. The Kier molecular flexibility index (Phi) is 3.76. The van der Waals surface area contributed by atoms with Crippen LogP contribution in [0.15, 0.2) is 47.3 Å². The van der Waals surface area contributed by atoms with Crippen molar-refractivity contribution < 1.29 is 9.18 Å². The molecule has 128 valence electrons. The quantitative estimate of drug-likeness (QED) is 0.749. The standard InChI is InChI=1S/C18H17FN4O2/c19-12-4-6-13(7-5-12)22-8-10-23(11-9-22)17(24)14-2-1-3-15-16(14)21-18(25)20-15/h1-7H,8-11H2,(H2,20,21,25). The van der Waals surface area contributed by atoms with Crippen LogP contribution in [-0.2, 0) is 0 Å². The molecular weight excluding hydrogens is 323 g/mol. The Labute approximate surface area is 142 Å². The number of rotatable bonds is 2. The average molecular weight is 340 g/mol. The molecule has 2 N–H and O–H groups in total. The van der Waals surface area contributed by atoms with E-state index in [4.69, 9.17) is 0 Å². The first-order chi connectivity index (χ1) is 12.1. The smallest absolute Gasteiger partial charge is 0.323 e. The predicted molar refractivity (Wildman–Crippen MR) is 93.4 cm³/mol. The van der Waals surface area contributed by atoms with Gasteiger partial charge in [-0.2, -0.15) is 0 Å². The second-order valence-corrected chi connectivity index (χ2v) is 6.06. The van der Waals surface area contributed by atoms with Gasteiger partial charge < -0.3 is 19.8 Å². The maximum atomic E-state index is 13.0. The van der Waals surface area contributed by atoms with E-state index in [1.165, 1.54) is 12.1 Å². The number of halogens is 1. The fraction of sp³-hybridized carbons (Fsp3) is 0.222. The van der Waals surface area contributed by atoms with Crippen molar-refractivity contribution in [2.24, 2.45) is 0 Å². The van der Waals surface area contributed by atoms with Crippen molar-refractivity contribution in [2.75, 3.05) is 31.1 Å². The van der Waals surface area contributed by atoms with E-state index in [9.17, 15) is 14.0 Å². The summed E-state index contributed by atoms with van der Waals surface area (Å²) in [5.74, 6) is -0.356. The van der Waals surface area contributed by atoms with Crippen molar-refractivity contribution in [3.63, 3.8) is 0 Å².